The molecule has 3 heterocycles. The maximum atomic E-state index is 12.5. The van der Waals surface area contributed by atoms with E-state index >= 15 is 0 Å². The SMILES string of the molecule is CN(Cc1ccccn1)C1CCCN(C(=O)Nc2ccnn2C)CC1. The predicted molar refractivity (Wildman–Crippen MR) is 97.1 cm³/mol. The van der Waals surface area contributed by atoms with Gasteiger partial charge in [-0.1, -0.05) is 6.07 Å². The summed E-state index contributed by atoms with van der Waals surface area (Å²) >= 11 is 0. The lowest BCUT2D eigenvalue weighted by Gasteiger charge is -2.27. The normalized spacial score (nSPS) is 18.2. The van der Waals surface area contributed by atoms with Crippen LogP contribution in [-0.2, 0) is 13.6 Å². The molecule has 1 atom stereocenters. The summed E-state index contributed by atoms with van der Waals surface area (Å²) in [6, 6.07) is 8.25. The second kappa shape index (κ2) is 8.11. The molecule has 0 spiro atoms. The standard InChI is InChI=1S/C18H26N6O/c1-22(14-15-6-3-4-10-19-15)16-7-5-12-24(13-9-16)18(25)21-17-8-11-20-23(17)2/h3-4,6,8,10-11,16H,5,7,9,12-14H2,1-2H3,(H,21,25). The fourth-order valence-electron chi connectivity index (χ4n) is 3.28. The fraction of sp³-hybridized carbons (Fsp3) is 0.500. The van der Waals surface area contributed by atoms with E-state index in [4.69, 9.17) is 0 Å². The van der Waals surface area contributed by atoms with Gasteiger partial charge in [0.1, 0.15) is 5.82 Å². The van der Waals surface area contributed by atoms with Crippen molar-refractivity contribution in [2.45, 2.75) is 31.8 Å². The molecule has 1 N–H and O–H groups in total. The van der Waals surface area contributed by atoms with Crippen molar-refractivity contribution >= 4 is 11.8 Å². The Morgan fingerprint density at radius 1 is 1.28 bits per heavy atom. The quantitative estimate of drug-likeness (QED) is 0.926. The van der Waals surface area contributed by atoms with Gasteiger partial charge in [-0.15, -0.1) is 0 Å². The van der Waals surface area contributed by atoms with Gasteiger partial charge >= 0.3 is 6.03 Å². The number of carbonyl (C=O) groups is 1. The first kappa shape index (κ1) is 17.4. The average Bonchev–Trinajstić information content (AvgIpc) is 2.87. The van der Waals surface area contributed by atoms with Crippen LogP contribution in [-0.4, -0.2) is 56.8 Å². The van der Waals surface area contributed by atoms with Crippen LogP contribution < -0.4 is 5.32 Å². The summed E-state index contributed by atoms with van der Waals surface area (Å²) < 4.78 is 1.67. The molecule has 0 radical (unpaired) electrons. The minimum atomic E-state index is -0.0448. The van der Waals surface area contributed by atoms with Crippen LogP contribution in [0.1, 0.15) is 25.0 Å². The van der Waals surface area contributed by atoms with Gasteiger partial charge in [0.25, 0.3) is 0 Å². The van der Waals surface area contributed by atoms with Crippen LogP contribution in [0, 0.1) is 0 Å². The van der Waals surface area contributed by atoms with Crippen molar-refractivity contribution in [3.63, 3.8) is 0 Å². The van der Waals surface area contributed by atoms with Crippen molar-refractivity contribution in [2.75, 3.05) is 25.5 Å². The molecule has 1 saturated heterocycles. The number of amides is 2. The summed E-state index contributed by atoms with van der Waals surface area (Å²) in [6.07, 6.45) is 6.60. The number of hydrogen-bond donors (Lipinski definition) is 1. The van der Waals surface area contributed by atoms with Gasteiger partial charge in [-0.3, -0.25) is 19.9 Å². The number of pyridine rings is 1. The van der Waals surface area contributed by atoms with Crippen LogP contribution in [0.2, 0.25) is 0 Å². The monoisotopic (exact) mass is 342 g/mol. The first-order valence-corrected chi connectivity index (χ1v) is 8.77. The second-order valence-electron chi connectivity index (χ2n) is 6.58. The van der Waals surface area contributed by atoms with Gasteiger partial charge in [0.2, 0.25) is 0 Å². The van der Waals surface area contributed by atoms with Gasteiger partial charge < -0.3 is 4.90 Å². The Morgan fingerprint density at radius 3 is 2.88 bits per heavy atom. The Morgan fingerprint density at radius 2 is 2.16 bits per heavy atom. The number of rotatable bonds is 4. The number of urea groups is 1. The molecule has 0 aromatic carbocycles. The van der Waals surface area contributed by atoms with Gasteiger partial charge in [-0.25, -0.2) is 4.79 Å². The zero-order valence-corrected chi connectivity index (χ0v) is 14.9. The lowest BCUT2D eigenvalue weighted by molar-refractivity contribution is 0.200. The highest BCUT2D eigenvalue weighted by Crippen LogP contribution is 2.18. The van der Waals surface area contributed by atoms with Crippen molar-refractivity contribution in [1.82, 2.24) is 24.6 Å². The maximum absolute atomic E-state index is 12.5. The molecule has 1 fully saturated rings. The molecular weight excluding hydrogens is 316 g/mol. The Labute approximate surface area is 148 Å². The topological polar surface area (TPSA) is 66.3 Å². The number of nitrogens with zero attached hydrogens (tertiary/aromatic N) is 5. The number of aryl methyl sites for hydroxylation is 1. The molecule has 2 aromatic heterocycles. The van der Waals surface area contributed by atoms with Crippen LogP contribution in [0.15, 0.2) is 36.7 Å². The molecule has 7 heteroatoms. The Kier molecular flexibility index (Phi) is 5.65. The summed E-state index contributed by atoms with van der Waals surface area (Å²) in [7, 11) is 3.96. The number of aromatic nitrogens is 3. The molecule has 134 valence electrons. The number of nitrogens with one attached hydrogen (secondary N) is 1. The van der Waals surface area contributed by atoms with E-state index in [9.17, 15) is 4.79 Å². The van der Waals surface area contributed by atoms with Crippen molar-refractivity contribution in [3.8, 4) is 0 Å². The summed E-state index contributed by atoms with van der Waals surface area (Å²) in [5.74, 6) is 0.720. The molecule has 1 aliphatic heterocycles. The van der Waals surface area contributed by atoms with E-state index in [-0.39, 0.29) is 6.03 Å². The average molecular weight is 342 g/mol. The minimum Gasteiger partial charge on any atom is -0.324 e. The molecule has 25 heavy (non-hydrogen) atoms. The largest absolute Gasteiger partial charge is 0.324 e. The highest BCUT2D eigenvalue weighted by molar-refractivity contribution is 5.88. The van der Waals surface area contributed by atoms with Gasteiger partial charge in [0.05, 0.1) is 11.9 Å². The van der Waals surface area contributed by atoms with E-state index in [2.05, 4.69) is 33.4 Å². The minimum absolute atomic E-state index is 0.0448. The van der Waals surface area contributed by atoms with E-state index in [1.54, 1.807) is 16.9 Å². The number of anilines is 1. The third-order valence-corrected chi connectivity index (χ3v) is 4.80. The molecule has 0 aliphatic carbocycles. The van der Waals surface area contributed by atoms with Crippen LogP contribution >= 0.6 is 0 Å². The Bertz CT molecular complexity index is 686. The molecule has 2 aromatic rings. The summed E-state index contributed by atoms with van der Waals surface area (Å²) in [5.41, 5.74) is 1.08. The van der Waals surface area contributed by atoms with Gasteiger partial charge in [0.15, 0.2) is 0 Å². The maximum Gasteiger partial charge on any atom is 0.322 e. The van der Waals surface area contributed by atoms with Crippen molar-refractivity contribution in [2.24, 2.45) is 7.05 Å². The Hall–Kier alpha value is -2.41. The zero-order chi connectivity index (χ0) is 17.6. The highest BCUT2D eigenvalue weighted by Gasteiger charge is 2.23. The molecule has 0 saturated carbocycles. The third kappa shape index (κ3) is 4.57. The lowest BCUT2D eigenvalue weighted by atomic mass is 10.1. The molecular formula is C18H26N6O. The van der Waals surface area contributed by atoms with Gasteiger partial charge in [-0.05, 0) is 38.4 Å². The number of carbonyl (C=O) groups excluding carboxylic acids is 1. The van der Waals surface area contributed by atoms with Crippen LogP contribution in [0.5, 0.6) is 0 Å². The van der Waals surface area contributed by atoms with E-state index in [0.29, 0.717) is 6.04 Å². The van der Waals surface area contributed by atoms with E-state index < -0.39 is 0 Å². The zero-order valence-electron chi connectivity index (χ0n) is 14.9. The molecule has 0 bridgehead atoms. The van der Waals surface area contributed by atoms with Crippen LogP contribution in [0.4, 0.5) is 10.6 Å². The van der Waals surface area contributed by atoms with Gasteiger partial charge in [-0.2, -0.15) is 5.10 Å². The molecule has 7 nitrogen and oxygen atoms in total. The second-order valence-corrected chi connectivity index (χ2v) is 6.58. The van der Waals surface area contributed by atoms with Crippen LogP contribution in [0.3, 0.4) is 0 Å². The smallest absolute Gasteiger partial charge is 0.322 e. The number of likely N-dealkylation sites (tertiary alicyclic amines) is 1. The summed E-state index contributed by atoms with van der Waals surface area (Å²) in [4.78, 5) is 21.2. The lowest BCUT2D eigenvalue weighted by Crippen LogP contribution is -2.37. The van der Waals surface area contributed by atoms with E-state index in [0.717, 1.165) is 50.4 Å². The Balaban J connectivity index is 1.53. The number of hydrogen-bond acceptors (Lipinski definition) is 4. The predicted octanol–water partition coefficient (Wildman–Crippen LogP) is 2.33. The molecule has 1 aliphatic rings. The van der Waals surface area contributed by atoms with Crippen LogP contribution in [0.25, 0.3) is 0 Å². The highest BCUT2D eigenvalue weighted by atomic mass is 16.2. The fourth-order valence-corrected chi connectivity index (χ4v) is 3.28. The van der Waals surface area contributed by atoms with Crippen molar-refractivity contribution in [3.05, 3.63) is 42.4 Å². The van der Waals surface area contributed by atoms with Gasteiger partial charge in [0, 0.05) is 45.0 Å². The van der Waals surface area contributed by atoms with Crippen molar-refractivity contribution in [1.29, 1.82) is 0 Å². The molecule has 3 rings (SSSR count). The van der Waals surface area contributed by atoms with E-state index in [1.165, 1.54) is 0 Å². The first-order valence-electron chi connectivity index (χ1n) is 8.77. The summed E-state index contributed by atoms with van der Waals surface area (Å²) in [6.45, 7) is 2.39. The molecule has 1 unspecified atom stereocenters. The summed E-state index contributed by atoms with van der Waals surface area (Å²) in [5, 5.41) is 7.01. The van der Waals surface area contributed by atoms with Crippen molar-refractivity contribution < 1.29 is 4.79 Å². The third-order valence-electron chi connectivity index (χ3n) is 4.80. The van der Waals surface area contributed by atoms with E-state index in [1.807, 2.05) is 30.3 Å². The molecule has 2 amide bonds. The first-order chi connectivity index (χ1) is 12.1.